The molecule has 3 atom stereocenters. The van der Waals surface area contributed by atoms with E-state index in [9.17, 15) is 9.00 Å². The van der Waals surface area contributed by atoms with Crippen molar-refractivity contribution in [3.05, 3.63) is 0 Å². The first-order valence-corrected chi connectivity index (χ1v) is 7.51. The van der Waals surface area contributed by atoms with Crippen LogP contribution in [0.3, 0.4) is 0 Å². The van der Waals surface area contributed by atoms with Crippen molar-refractivity contribution in [3.8, 4) is 0 Å². The Morgan fingerprint density at radius 3 is 2.50 bits per heavy atom. The minimum Gasteiger partial charge on any atom is -0.353 e. The summed E-state index contributed by atoms with van der Waals surface area (Å²) in [5.74, 6) is 0.688. The molecule has 0 fully saturated rings. The third-order valence-electron chi connectivity index (χ3n) is 2.38. The lowest BCUT2D eigenvalue weighted by Crippen LogP contribution is -2.40. The first-order chi connectivity index (χ1) is 7.47. The van der Waals surface area contributed by atoms with Crippen LogP contribution in [-0.2, 0) is 15.6 Å². The lowest BCUT2D eigenvalue weighted by atomic mass is 10.1. The van der Waals surface area contributed by atoms with E-state index in [1.54, 1.807) is 6.26 Å². The summed E-state index contributed by atoms with van der Waals surface area (Å²) in [4.78, 5) is 11.7. The molecule has 0 aromatic rings. The second-order valence-electron chi connectivity index (χ2n) is 4.18. The summed E-state index contributed by atoms with van der Waals surface area (Å²) in [6, 6.07) is 0.0977. The monoisotopic (exact) mass is 248 g/mol. The van der Waals surface area contributed by atoms with Crippen LogP contribution in [0.15, 0.2) is 0 Å². The van der Waals surface area contributed by atoms with Gasteiger partial charge in [0.05, 0.1) is 0 Å². The average molecular weight is 248 g/mol. The van der Waals surface area contributed by atoms with Crippen molar-refractivity contribution < 1.29 is 9.00 Å². The number of nitrogens with one attached hydrogen (secondary N) is 2. The molecule has 0 rings (SSSR count). The van der Waals surface area contributed by atoms with Gasteiger partial charge in [-0.05, 0) is 19.9 Å². The topological polar surface area (TPSA) is 58.2 Å². The summed E-state index contributed by atoms with van der Waals surface area (Å²) in [6.07, 6.45) is 2.45. The molecule has 0 aromatic heterocycles. The molecule has 3 unspecified atom stereocenters. The van der Waals surface area contributed by atoms with E-state index in [0.29, 0.717) is 12.3 Å². The number of carbonyl (C=O) groups excluding carboxylic acids is 1. The van der Waals surface area contributed by atoms with Crippen molar-refractivity contribution in [2.45, 2.75) is 33.2 Å². The summed E-state index contributed by atoms with van der Waals surface area (Å²) in [6.45, 7) is 7.45. The number of carbonyl (C=O) groups is 1. The van der Waals surface area contributed by atoms with E-state index in [4.69, 9.17) is 0 Å². The second-order valence-corrected chi connectivity index (χ2v) is 5.74. The van der Waals surface area contributed by atoms with Crippen LogP contribution in [0.5, 0.6) is 0 Å². The number of hydrogen-bond acceptors (Lipinski definition) is 3. The number of rotatable bonds is 8. The van der Waals surface area contributed by atoms with Crippen molar-refractivity contribution >= 4 is 16.7 Å². The third-order valence-corrected chi connectivity index (χ3v) is 3.19. The molecular weight excluding hydrogens is 224 g/mol. The fraction of sp³-hybridized carbons (Fsp3) is 0.909. The van der Waals surface area contributed by atoms with Gasteiger partial charge in [-0.1, -0.05) is 13.8 Å². The van der Waals surface area contributed by atoms with E-state index < -0.39 is 10.8 Å². The van der Waals surface area contributed by atoms with E-state index in [1.165, 1.54) is 0 Å². The molecule has 0 bridgehead atoms. The first-order valence-electron chi connectivity index (χ1n) is 5.78. The van der Waals surface area contributed by atoms with E-state index in [1.807, 2.05) is 20.8 Å². The fourth-order valence-electron chi connectivity index (χ4n) is 1.25. The van der Waals surface area contributed by atoms with E-state index in [2.05, 4.69) is 10.6 Å². The van der Waals surface area contributed by atoms with E-state index >= 15 is 0 Å². The Bertz CT molecular complexity index is 234. The van der Waals surface area contributed by atoms with Crippen molar-refractivity contribution in [1.29, 1.82) is 0 Å². The molecule has 5 heteroatoms. The van der Waals surface area contributed by atoms with Gasteiger partial charge < -0.3 is 10.6 Å². The molecule has 0 saturated heterocycles. The van der Waals surface area contributed by atoms with Crippen molar-refractivity contribution in [3.63, 3.8) is 0 Å². The predicted octanol–water partition coefficient (Wildman–Crippen LogP) is 0.505. The molecule has 0 aromatic carbocycles. The lowest BCUT2D eigenvalue weighted by Gasteiger charge is -2.17. The smallest absolute Gasteiger partial charge is 0.224 e. The summed E-state index contributed by atoms with van der Waals surface area (Å²) in [5.41, 5.74) is 0. The van der Waals surface area contributed by atoms with Gasteiger partial charge in [-0.3, -0.25) is 9.00 Å². The zero-order valence-corrected chi connectivity index (χ0v) is 11.5. The van der Waals surface area contributed by atoms with Crippen molar-refractivity contribution in [2.75, 3.05) is 25.1 Å². The summed E-state index contributed by atoms with van der Waals surface area (Å²) < 4.78 is 10.9. The van der Waals surface area contributed by atoms with Gasteiger partial charge in [-0.2, -0.15) is 0 Å². The van der Waals surface area contributed by atoms with Gasteiger partial charge in [0.2, 0.25) is 5.91 Å². The van der Waals surface area contributed by atoms with Gasteiger partial charge in [0.25, 0.3) is 0 Å². The van der Waals surface area contributed by atoms with Crippen LogP contribution in [0.1, 0.15) is 27.2 Å². The Labute approximate surface area is 101 Å². The zero-order chi connectivity index (χ0) is 12.6. The van der Waals surface area contributed by atoms with Crippen LogP contribution in [0.25, 0.3) is 0 Å². The van der Waals surface area contributed by atoms with Gasteiger partial charge in [0.15, 0.2) is 0 Å². The fourth-order valence-corrected chi connectivity index (χ4v) is 1.94. The summed E-state index contributed by atoms with van der Waals surface area (Å²) in [5, 5.41) is 6.07. The van der Waals surface area contributed by atoms with Crippen LogP contribution in [-0.4, -0.2) is 41.3 Å². The molecule has 1 amide bonds. The van der Waals surface area contributed by atoms with Crippen molar-refractivity contribution in [1.82, 2.24) is 10.6 Å². The van der Waals surface area contributed by atoms with Gasteiger partial charge in [0, 0.05) is 41.3 Å². The van der Waals surface area contributed by atoms with Gasteiger partial charge in [-0.25, -0.2) is 0 Å². The van der Waals surface area contributed by atoms with E-state index in [0.717, 1.165) is 13.0 Å². The quantitative estimate of drug-likeness (QED) is 0.658. The second kappa shape index (κ2) is 8.70. The maximum Gasteiger partial charge on any atom is 0.224 e. The minimum atomic E-state index is -0.780. The highest BCUT2D eigenvalue weighted by Gasteiger charge is 2.14. The van der Waals surface area contributed by atoms with Crippen LogP contribution >= 0.6 is 0 Å². The molecule has 0 saturated carbocycles. The minimum absolute atomic E-state index is 0.0190. The lowest BCUT2D eigenvalue weighted by molar-refractivity contribution is -0.125. The Hall–Kier alpha value is -0.420. The Morgan fingerprint density at radius 2 is 2.00 bits per heavy atom. The molecule has 96 valence electrons. The average Bonchev–Trinajstić information content (AvgIpc) is 2.22. The predicted molar refractivity (Wildman–Crippen MR) is 68.9 cm³/mol. The Kier molecular flexibility index (Phi) is 8.47. The molecule has 0 aliphatic rings. The summed E-state index contributed by atoms with van der Waals surface area (Å²) in [7, 11) is -0.780. The molecule has 0 aliphatic heterocycles. The third kappa shape index (κ3) is 7.82. The normalized spacial score (nSPS) is 16.5. The Morgan fingerprint density at radius 1 is 1.38 bits per heavy atom. The molecule has 0 heterocycles. The molecule has 4 nitrogen and oxygen atoms in total. The highest BCUT2D eigenvalue weighted by molar-refractivity contribution is 7.84. The number of hydrogen-bond donors (Lipinski definition) is 2. The zero-order valence-electron chi connectivity index (χ0n) is 10.7. The van der Waals surface area contributed by atoms with Gasteiger partial charge >= 0.3 is 0 Å². The van der Waals surface area contributed by atoms with Gasteiger partial charge in [0.1, 0.15) is 0 Å². The SMILES string of the molecule is CCNCC(C)C(=O)NC(C)CCS(C)=O. The van der Waals surface area contributed by atoms with Crippen LogP contribution in [0, 0.1) is 5.92 Å². The van der Waals surface area contributed by atoms with E-state index in [-0.39, 0.29) is 17.9 Å². The van der Waals surface area contributed by atoms with Crippen LogP contribution < -0.4 is 10.6 Å². The molecular formula is C11H24N2O2S. The van der Waals surface area contributed by atoms with Crippen LogP contribution in [0.2, 0.25) is 0 Å². The Balaban J connectivity index is 3.80. The molecule has 0 spiro atoms. The molecule has 0 radical (unpaired) electrons. The van der Waals surface area contributed by atoms with Gasteiger partial charge in [-0.15, -0.1) is 0 Å². The van der Waals surface area contributed by atoms with Crippen LogP contribution in [0.4, 0.5) is 0 Å². The standard InChI is InChI=1S/C11H24N2O2S/c1-5-12-8-9(2)11(14)13-10(3)6-7-16(4)15/h9-10,12H,5-8H2,1-4H3,(H,13,14). The largest absolute Gasteiger partial charge is 0.353 e. The highest BCUT2D eigenvalue weighted by atomic mass is 32.2. The highest BCUT2D eigenvalue weighted by Crippen LogP contribution is 1.97. The maximum absolute atomic E-state index is 11.7. The first kappa shape index (κ1) is 15.6. The molecule has 0 aliphatic carbocycles. The van der Waals surface area contributed by atoms with Crippen molar-refractivity contribution in [2.24, 2.45) is 5.92 Å². The molecule has 2 N–H and O–H groups in total. The molecule has 16 heavy (non-hydrogen) atoms. The summed E-state index contributed by atoms with van der Waals surface area (Å²) >= 11 is 0. The maximum atomic E-state index is 11.7. The number of amides is 1.